The molecule has 0 aliphatic carbocycles. The number of likely N-dealkylation sites (tertiary alicyclic amines) is 1. The molecule has 2 unspecified atom stereocenters. The largest absolute Gasteiger partial charge is 0.508 e. The highest BCUT2D eigenvalue weighted by molar-refractivity contribution is 5.97. The fourth-order valence-corrected chi connectivity index (χ4v) is 3.03. The Morgan fingerprint density at radius 3 is 2.76 bits per heavy atom. The van der Waals surface area contributed by atoms with Gasteiger partial charge in [0.1, 0.15) is 11.5 Å². The molecule has 1 aromatic carbocycles. The van der Waals surface area contributed by atoms with Crippen LogP contribution in [0.5, 0.6) is 11.5 Å². The Balaban J connectivity index is 2.10. The molecule has 0 saturated carbocycles. The summed E-state index contributed by atoms with van der Waals surface area (Å²) < 4.78 is 0. The van der Waals surface area contributed by atoms with E-state index in [2.05, 4.69) is 19.2 Å². The van der Waals surface area contributed by atoms with Crippen LogP contribution in [0.25, 0.3) is 0 Å². The fourth-order valence-electron chi connectivity index (χ4n) is 3.03. The summed E-state index contributed by atoms with van der Waals surface area (Å²) in [5, 5.41) is 22.6. The summed E-state index contributed by atoms with van der Waals surface area (Å²) in [5.41, 5.74) is 0.254. The fraction of sp³-hybridized carbons (Fsp3) is 0.562. The zero-order chi connectivity index (χ0) is 15.4. The zero-order valence-corrected chi connectivity index (χ0v) is 12.7. The predicted molar refractivity (Wildman–Crippen MR) is 81.5 cm³/mol. The van der Waals surface area contributed by atoms with E-state index in [0.717, 1.165) is 19.4 Å². The molecule has 1 amide bonds. The number of hydrogen-bond donors (Lipinski definition) is 3. The number of benzene rings is 1. The van der Waals surface area contributed by atoms with Gasteiger partial charge in [0.05, 0.1) is 5.56 Å². The molecule has 1 aliphatic heterocycles. The topological polar surface area (TPSA) is 72.8 Å². The molecule has 0 aromatic heterocycles. The van der Waals surface area contributed by atoms with E-state index in [-0.39, 0.29) is 23.0 Å². The van der Waals surface area contributed by atoms with Crippen LogP contribution in [0.1, 0.15) is 37.0 Å². The summed E-state index contributed by atoms with van der Waals surface area (Å²) in [6.45, 7) is 6.56. The second-order valence-corrected chi connectivity index (χ2v) is 5.57. The van der Waals surface area contributed by atoms with Crippen LogP contribution in [0.4, 0.5) is 0 Å². The Morgan fingerprint density at radius 1 is 1.38 bits per heavy atom. The van der Waals surface area contributed by atoms with Crippen LogP contribution in [-0.2, 0) is 0 Å². The number of phenols is 2. The monoisotopic (exact) mass is 292 g/mol. The van der Waals surface area contributed by atoms with Crippen molar-refractivity contribution in [1.82, 2.24) is 10.2 Å². The van der Waals surface area contributed by atoms with Gasteiger partial charge in [-0.25, -0.2) is 0 Å². The first-order valence-corrected chi connectivity index (χ1v) is 7.61. The minimum Gasteiger partial charge on any atom is -0.508 e. The van der Waals surface area contributed by atoms with Gasteiger partial charge in [-0.3, -0.25) is 4.79 Å². The van der Waals surface area contributed by atoms with Gasteiger partial charge in [-0.05, 0) is 31.0 Å². The van der Waals surface area contributed by atoms with Crippen molar-refractivity contribution in [2.75, 3.05) is 19.6 Å². The van der Waals surface area contributed by atoms with Gasteiger partial charge in [0.2, 0.25) is 0 Å². The second-order valence-electron chi connectivity index (χ2n) is 5.57. The Bertz CT molecular complexity index is 504. The molecule has 5 nitrogen and oxygen atoms in total. The molecule has 2 rings (SSSR count). The van der Waals surface area contributed by atoms with Gasteiger partial charge >= 0.3 is 0 Å². The number of aromatic hydroxyl groups is 2. The van der Waals surface area contributed by atoms with Crippen molar-refractivity contribution < 1.29 is 15.0 Å². The van der Waals surface area contributed by atoms with E-state index >= 15 is 0 Å². The number of hydrogen-bond acceptors (Lipinski definition) is 4. The van der Waals surface area contributed by atoms with Gasteiger partial charge in [0, 0.05) is 25.2 Å². The number of piperidine rings is 1. The number of nitrogens with one attached hydrogen (secondary N) is 1. The molecule has 1 heterocycles. The Hall–Kier alpha value is -1.75. The van der Waals surface area contributed by atoms with Gasteiger partial charge in [0.15, 0.2) is 0 Å². The lowest BCUT2D eigenvalue weighted by atomic mass is 9.89. The third kappa shape index (κ3) is 3.47. The molecule has 0 spiro atoms. The normalized spacial score (nSPS) is 22.3. The van der Waals surface area contributed by atoms with Gasteiger partial charge in [0.25, 0.3) is 5.91 Å². The molecule has 0 bridgehead atoms. The van der Waals surface area contributed by atoms with Crippen LogP contribution >= 0.6 is 0 Å². The number of amides is 1. The Kier molecular flexibility index (Phi) is 5.07. The number of rotatable bonds is 4. The molecular formula is C16H24N2O3. The molecule has 0 radical (unpaired) electrons. The zero-order valence-electron chi connectivity index (χ0n) is 12.7. The standard InChI is InChI=1S/C16H24N2O3/c1-3-11-10-18(8-7-14(11)17-4-2)16(21)13-6-5-12(19)9-15(13)20/h5-6,9,11,14,17,19-20H,3-4,7-8,10H2,1-2H3. The van der Waals surface area contributed by atoms with Crippen molar-refractivity contribution in [2.45, 2.75) is 32.7 Å². The highest BCUT2D eigenvalue weighted by atomic mass is 16.3. The SMILES string of the molecule is CCNC1CCN(C(=O)c2ccc(O)cc2O)CC1CC. The number of carbonyl (C=O) groups excluding carboxylic acids is 1. The van der Waals surface area contributed by atoms with E-state index in [1.165, 1.54) is 18.2 Å². The second kappa shape index (κ2) is 6.80. The van der Waals surface area contributed by atoms with Crippen molar-refractivity contribution in [3.05, 3.63) is 23.8 Å². The molecule has 21 heavy (non-hydrogen) atoms. The Morgan fingerprint density at radius 2 is 2.14 bits per heavy atom. The Labute approximate surface area is 125 Å². The molecule has 3 N–H and O–H groups in total. The lowest BCUT2D eigenvalue weighted by molar-refractivity contribution is 0.0625. The highest BCUT2D eigenvalue weighted by Crippen LogP contribution is 2.27. The van der Waals surface area contributed by atoms with E-state index in [1.807, 2.05) is 0 Å². The maximum absolute atomic E-state index is 12.5. The lowest BCUT2D eigenvalue weighted by Gasteiger charge is -2.38. The molecule has 1 aromatic rings. The van der Waals surface area contributed by atoms with E-state index in [0.29, 0.717) is 25.0 Å². The summed E-state index contributed by atoms with van der Waals surface area (Å²) in [6, 6.07) is 4.56. The van der Waals surface area contributed by atoms with Crippen LogP contribution in [-0.4, -0.2) is 46.7 Å². The van der Waals surface area contributed by atoms with Crippen LogP contribution in [0.2, 0.25) is 0 Å². The molecule has 1 fully saturated rings. The third-order valence-electron chi connectivity index (χ3n) is 4.22. The quantitative estimate of drug-likeness (QED) is 0.793. The van der Waals surface area contributed by atoms with Gasteiger partial charge in [-0.2, -0.15) is 0 Å². The average Bonchev–Trinajstić information content (AvgIpc) is 2.47. The molecule has 5 heteroatoms. The molecule has 2 atom stereocenters. The average molecular weight is 292 g/mol. The first-order chi connectivity index (χ1) is 10.1. The van der Waals surface area contributed by atoms with Gasteiger partial charge < -0.3 is 20.4 Å². The molecule has 1 aliphatic rings. The van der Waals surface area contributed by atoms with Crippen LogP contribution in [0.3, 0.4) is 0 Å². The first kappa shape index (κ1) is 15.6. The molecule has 1 saturated heterocycles. The van der Waals surface area contributed by atoms with E-state index in [9.17, 15) is 15.0 Å². The summed E-state index contributed by atoms with van der Waals surface area (Å²) in [7, 11) is 0. The minimum atomic E-state index is -0.166. The van der Waals surface area contributed by atoms with Crippen LogP contribution < -0.4 is 5.32 Å². The van der Waals surface area contributed by atoms with E-state index in [1.54, 1.807) is 4.90 Å². The molecular weight excluding hydrogens is 268 g/mol. The summed E-state index contributed by atoms with van der Waals surface area (Å²) >= 11 is 0. The van der Waals surface area contributed by atoms with Crippen molar-refractivity contribution in [2.24, 2.45) is 5.92 Å². The maximum Gasteiger partial charge on any atom is 0.257 e. The van der Waals surface area contributed by atoms with Gasteiger partial charge in [-0.15, -0.1) is 0 Å². The van der Waals surface area contributed by atoms with Crippen molar-refractivity contribution in [3.63, 3.8) is 0 Å². The minimum absolute atomic E-state index is 0.0404. The smallest absolute Gasteiger partial charge is 0.257 e. The number of phenolic OH excluding ortho intramolecular Hbond substituents is 2. The van der Waals surface area contributed by atoms with Crippen LogP contribution in [0.15, 0.2) is 18.2 Å². The summed E-state index contributed by atoms with van der Waals surface area (Å²) in [5.74, 6) is 0.0611. The maximum atomic E-state index is 12.5. The predicted octanol–water partition coefficient (Wildman–Crippen LogP) is 1.95. The first-order valence-electron chi connectivity index (χ1n) is 7.61. The van der Waals surface area contributed by atoms with E-state index < -0.39 is 0 Å². The van der Waals surface area contributed by atoms with Crippen molar-refractivity contribution >= 4 is 5.91 Å². The highest BCUT2D eigenvalue weighted by Gasteiger charge is 2.31. The van der Waals surface area contributed by atoms with Crippen molar-refractivity contribution in [3.8, 4) is 11.5 Å². The lowest BCUT2D eigenvalue weighted by Crippen LogP contribution is -2.50. The van der Waals surface area contributed by atoms with Crippen LogP contribution in [0, 0.1) is 5.92 Å². The van der Waals surface area contributed by atoms with Crippen molar-refractivity contribution in [1.29, 1.82) is 0 Å². The number of nitrogens with zero attached hydrogens (tertiary/aromatic N) is 1. The summed E-state index contributed by atoms with van der Waals surface area (Å²) in [6.07, 6.45) is 1.94. The van der Waals surface area contributed by atoms with E-state index in [4.69, 9.17) is 0 Å². The molecule has 116 valence electrons. The summed E-state index contributed by atoms with van der Waals surface area (Å²) in [4.78, 5) is 14.3. The third-order valence-corrected chi connectivity index (χ3v) is 4.22. The van der Waals surface area contributed by atoms with Gasteiger partial charge in [-0.1, -0.05) is 20.3 Å². The number of carbonyl (C=O) groups is 1.